The number of azide groups is 1. The molecule has 3 aromatic carbocycles. The molecule has 9 heteroatoms. The minimum absolute atomic E-state index is 0.262. The van der Waals surface area contributed by atoms with Gasteiger partial charge in [0.2, 0.25) is 0 Å². The van der Waals surface area contributed by atoms with Crippen LogP contribution in [0.15, 0.2) is 96.1 Å². The van der Waals surface area contributed by atoms with Crippen LogP contribution in [0.5, 0.6) is 0 Å². The Morgan fingerprint density at radius 3 is 1.68 bits per heavy atom. The Labute approximate surface area is 241 Å². The first-order chi connectivity index (χ1) is 20.3. The molecule has 0 aliphatic carbocycles. The maximum atomic E-state index is 10.4. The molecule has 0 aromatic heterocycles. The second-order valence-electron chi connectivity index (χ2n) is 9.90. The van der Waals surface area contributed by atoms with Crippen LogP contribution in [-0.2, 0) is 43.5 Å². The van der Waals surface area contributed by atoms with E-state index in [0.717, 1.165) is 36.0 Å². The molecule has 1 saturated heterocycles. The molecule has 0 bridgehead atoms. The van der Waals surface area contributed by atoms with E-state index < -0.39 is 30.7 Å². The van der Waals surface area contributed by atoms with Crippen LogP contribution >= 0.6 is 0 Å². The van der Waals surface area contributed by atoms with E-state index >= 15 is 0 Å². The Bertz CT molecular complexity index is 1160. The van der Waals surface area contributed by atoms with Crippen molar-refractivity contribution in [2.24, 2.45) is 5.11 Å². The zero-order chi connectivity index (χ0) is 28.5. The Hall–Kier alpha value is -3.27. The molecule has 41 heavy (non-hydrogen) atoms. The fraction of sp³-hybridized carbons (Fsp3) is 0.438. The predicted molar refractivity (Wildman–Crippen MR) is 155 cm³/mol. The Morgan fingerprint density at radius 1 is 0.659 bits per heavy atom. The van der Waals surface area contributed by atoms with Gasteiger partial charge in [-0.25, -0.2) is 0 Å². The smallest absolute Gasteiger partial charge is 0.186 e. The van der Waals surface area contributed by atoms with Gasteiger partial charge < -0.3 is 28.8 Å². The summed E-state index contributed by atoms with van der Waals surface area (Å²) in [5.74, 6) is 0. The van der Waals surface area contributed by atoms with Gasteiger partial charge in [-0.3, -0.25) is 0 Å². The zero-order valence-corrected chi connectivity index (χ0v) is 23.2. The summed E-state index contributed by atoms with van der Waals surface area (Å²) in [6.45, 7) is 1.63. The molecule has 1 N–H and O–H groups in total. The van der Waals surface area contributed by atoms with Crippen LogP contribution in [0.2, 0.25) is 0 Å². The lowest BCUT2D eigenvalue weighted by molar-refractivity contribution is -0.326. The van der Waals surface area contributed by atoms with Crippen LogP contribution in [0.3, 0.4) is 0 Å². The van der Waals surface area contributed by atoms with E-state index in [-0.39, 0.29) is 6.61 Å². The van der Waals surface area contributed by atoms with E-state index in [1.165, 1.54) is 0 Å². The standard InChI is InChI=1S/C32H39N3O6/c33-35-34-19-11-4-12-20-37-32-31(40-24-27-17-9-3-10-18-27)30(39-23-26-15-7-2-8-16-26)29(28(21-36)41-32)38-22-25-13-5-1-6-14-25/h1-3,5-10,13-18,28-32,36H,4,11-12,19-24H2/t28?,29-,30?,31?,32-/m0/s1. The number of aliphatic hydroxyl groups is 1. The molecule has 1 aliphatic heterocycles. The van der Waals surface area contributed by atoms with Gasteiger partial charge in [-0.1, -0.05) is 103 Å². The predicted octanol–water partition coefficient (Wildman–Crippen LogP) is 5.96. The lowest BCUT2D eigenvalue weighted by Crippen LogP contribution is -2.61. The van der Waals surface area contributed by atoms with Crippen LogP contribution in [0.4, 0.5) is 0 Å². The minimum atomic E-state index is -0.773. The lowest BCUT2D eigenvalue weighted by atomic mass is 9.98. The van der Waals surface area contributed by atoms with Crippen LogP contribution in [0, 0.1) is 0 Å². The van der Waals surface area contributed by atoms with E-state index in [1.807, 2.05) is 91.0 Å². The average molecular weight is 562 g/mol. The summed E-state index contributed by atoms with van der Waals surface area (Å²) in [5, 5.41) is 14.0. The average Bonchev–Trinajstić information content (AvgIpc) is 3.03. The molecular formula is C32H39N3O6. The van der Waals surface area contributed by atoms with Crippen LogP contribution in [0.25, 0.3) is 10.4 Å². The first-order valence-electron chi connectivity index (χ1n) is 14.1. The monoisotopic (exact) mass is 561 g/mol. The number of nitrogens with zero attached hydrogens (tertiary/aromatic N) is 3. The topological polar surface area (TPSA) is 115 Å². The Morgan fingerprint density at radius 2 is 1.17 bits per heavy atom. The first kappa shape index (κ1) is 30.7. The van der Waals surface area contributed by atoms with Crippen LogP contribution < -0.4 is 0 Å². The van der Waals surface area contributed by atoms with Crippen molar-refractivity contribution in [2.45, 2.75) is 69.8 Å². The third kappa shape index (κ3) is 9.95. The Balaban J connectivity index is 1.53. The summed E-state index contributed by atoms with van der Waals surface area (Å²) in [5.41, 5.74) is 11.5. The number of benzene rings is 3. The van der Waals surface area contributed by atoms with Gasteiger partial charge in [-0.15, -0.1) is 0 Å². The third-order valence-corrected chi connectivity index (χ3v) is 6.87. The van der Waals surface area contributed by atoms with Crippen molar-refractivity contribution in [3.05, 3.63) is 118 Å². The lowest BCUT2D eigenvalue weighted by Gasteiger charge is -2.45. The number of aliphatic hydroxyl groups excluding tert-OH is 1. The molecule has 0 radical (unpaired) electrons. The summed E-state index contributed by atoms with van der Waals surface area (Å²) in [4.78, 5) is 2.80. The van der Waals surface area contributed by atoms with Gasteiger partial charge in [0.05, 0.1) is 26.4 Å². The van der Waals surface area contributed by atoms with E-state index in [4.69, 9.17) is 29.2 Å². The molecule has 3 unspecified atom stereocenters. The van der Waals surface area contributed by atoms with Crippen LogP contribution in [-0.4, -0.2) is 55.6 Å². The maximum Gasteiger partial charge on any atom is 0.186 e. The summed E-state index contributed by atoms with van der Waals surface area (Å²) < 4.78 is 31.9. The van der Waals surface area contributed by atoms with Gasteiger partial charge in [0.25, 0.3) is 0 Å². The second kappa shape index (κ2) is 17.5. The number of rotatable bonds is 17. The van der Waals surface area contributed by atoms with Gasteiger partial charge in [-0.2, -0.15) is 0 Å². The van der Waals surface area contributed by atoms with Crippen molar-refractivity contribution in [3.63, 3.8) is 0 Å². The second-order valence-corrected chi connectivity index (χ2v) is 9.90. The van der Waals surface area contributed by atoms with Gasteiger partial charge in [0.15, 0.2) is 6.29 Å². The summed E-state index contributed by atoms with van der Waals surface area (Å²) >= 11 is 0. The molecule has 218 valence electrons. The highest BCUT2D eigenvalue weighted by molar-refractivity contribution is 5.15. The van der Waals surface area contributed by atoms with Gasteiger partial charge in [0, 0.05) is 18.1 Å². The number of hydrogen-bond acceptors (Lipinski definition) is 7. The number of hydrogen-bond donors (Lipinski definition) is 1. The molecule has 1 fully saturated rings. The van der Waals surface area contributed by atoms with Crippen molar-refractivity contribution >= 4 is 0 Å². The maximum absolute atomic E-state index is 10.4. The number of unbranched alkanes of at least 4 members (excludes halogenated alkanes) is 2. The summed E-state index contributed by atoms with van der Waals surface area (Å²) in [6.07, 6.45) is -0.857. The van der Waals surface area contributed by atoms with Crippen molar-refractivity contribution in [3.8, 4) is 0 Å². The molecule has 0 spiro atoms. The van der Waals surface area contributed by atoms with Crippen molar-refractivity contribution in [2.75, 3.05) is 19.8 Å². The highest BCUT2D eigenvalue weighted by Gasteiger charge is 2.48. The quantitative estimate of drug-likeness (QED) is 0.0942. The van der Waals surface area contributed by atoms with Gasteiger partial charge in [0.1, 0.15) is 24.4 Å². The molecule has 4 rings (SSSR count). The Kier molecular flexibility index (Phi) is 13.1. The van der Waals surface area contributed by atoms with E-state index in [0.29, 0.717) is 33.0 Å². The number of ether oxygens (including phenoxy) is 5. The molecule has 9 nitrogen and oxygen atoms in total. The summed E-state index contributed by atoms with van der Waals surface area (Å²) in [7, 11) is 0. The highest BCUT2D eigenvalue weighted by atomic mass is 16.7. The highest BCUT2D eigenvalue weighted by Crippen LogP contribution is 2.31. The molecule has 5 atom stereocenters. The zero-order valence-electron chi connectivity index (χ0n) is 23.2. The third-order valence-electron chi connectivity index (χ3n) is 6.87. The fourth-order valence-electron chi connectivity index (χ4n) is 4.73. The largest absolute Gasteiger partial charge is 0.394 e. The molecule has 3 aromatic rings. The van der Waals surface area contributed by atoms with Crippen LogP contribution in [0.1, 0.15) is 36.0 Å². The first-order valence-corrected chi connectivity index (χ1v) is 14.1. The SMILES string of the molecule is [N-]=[N+]=NCCCCCO[C@H]1OC(CO)[C@H](OCc2ccccc2)C(OCc2ccccc2)C1OCc1ccccc1. The van der Waals surface area contributed by atoms with Crippen molar-refractivity contribution in [1.29, 1.82) is 0 Å². The molecule has 0 saturated carbocycles. The van der Waals surface area contributed by atoms with E-state index in [1.54, 1.807) is 0 Å². The van der Waals surface area contributed by atoms with Gasteiger partial charge >= 0.3 is 0 Å². The molecule has 1 heterocycles. The molecule has 0 amide bonds. The molecule has 1 aliphatic rings. The van der Waals surface area contributed by atoms with Gasteiger partial charge in [-0.05, 0) is 35.1 Å². The minimum Gasteiger partial charge on any atom is -0.394 e. The van der Waals surface area contributed by atoms with E-state index in [2.05, 4.69) is 10.0 Å². The molecular weight excluding hydrogens is 522 g/mol. The van der Waals surface area contributed by atoms with Crippen molar-refractivity contribution in [1.82, 2.24) is 0 Å². The fourth-order valence-corrected chi connectivity index (χ4v) is 4.73. The summed E-state index contributed by atoms with van der Waals surface area (Å²) in [6, 6.07) is 29.7. The van der Waals surface area contributed by atoms with E-state index in [9.17, 15) is 5.11 Å². The normalized spacial score (nSPS) is 22.2. The van der Waals surface area contributed by atoms with Crippen molar-refractivity contribution < 1.29 is 28.8 Å².